The van der Waals surface area contributed by atoms with Crippen molar-refractivity contribution in [1.29, 1.82) is 0 Å². The molecule has 0 bridgehead atoms. The number of nitrogens with two attached hydrogens (primary N) is 1. The number of halogens is 1. The van der Waals surface area contributed by atoms with Crippen LogP contribution in [0.3, 0.4) is 0 Å². The second-order valence-corrected chi connectivity index (χ2v) is 5.11. The lowest BCUT2D eigenvalue weighted by molar-refractivity contribution is 0.397. The van der Waals surface area contributed by atoms with Crippen molar-refractivity contribution in [3.8, 4) is 22.8 Å². The summed E-state index contributed by atoms with van der Waals surface area (Å²) in [7, 11) is 1.58. The standard InChI is InChI=1S/C16H15ClN4O/c1-22-16-7-6-13(10-19-16)21-14(8-15(17)20-21)12-4-2-11(9-18)3-5-12/h2-8,10H,9,18H2,1H3. The average Bonchev–Trinajstić information content (AvgIpc) is 2.97. The highest BCUT2D eigenvalue weighted by Crippen LogP contribution is 2.26. The van der Waals surface area contributed by atoms with Crippen molar-refractivity contribution in [2.24, 2.45) is 5.73 Å². The number of nitrogens with zero attached hydrogens (tertiary/aromatic N) is 3. The van der Waals surface area contributed by atoms with Gasteiger partial charge in [0.05, 0.1) is 24.7 Å². The molecule has 5 nitrogen and oxygen atoms in total. The molecule has 22 heavy (non-hydrogen) atoms. The lowest BCUT2D eigenvalue weighted by Crippen LogP contribution is -2.01. The van der Waals surface area contributed by atoms with Crippen LogP contribution >= 0.6 is 11.6 Å². The van der Waals surface area contributed by atoms with E-state index in [1.165, 1.54) is 0 Å². The van der Waals surface area contributed by atoms with Crippen molar-refractivity contribution >= 4 is 11.6 Å². The number of pyridine rings is 1. The Morgan fingerprint density at radius 3 is 2.55 bits per heavy atom. The fourth-order valence-electron chi connectivity index (χ4n) is 2.18. The van der Waals surface area contributed by atoms with E-state index in [0.717, 1.165) is 22.5 Å². The number of ether oxygens (including phenoxy) is 1. The predicted octanol–water partition coefficient (Wildman–Crippen LogP) is 3.06. The molecule has 0 amide bonds. The quantitative estimate of drug-likeness (QED) is 0.803. The molecule has 0 aliphatic heterocycles. The second-order valence-electron chi connectivity index (χ2n) is 4.72. The summed E-state index contributed by atoms with van der Waals surface area (Å²) in [5.74, 6) is 0.552. The molecular formula is C16H15ClN4O. The summed E-state index contributed by atoms with van der Waals surface area (Å²) in [6.07, 6.45) is 1.69. The molecule has 0 saturated heterocycles. The van der Waals surface area contributed by atoms with Crippen LogP contribution in [0, 0.1) is 0 Å². The van der Waals surface area contributed by atoms with E-state index in [2.05, 4.69) is 10.1 Å². The summed E-state index contributed by atoms with van der Waals surface area (Å²) >= 11 is 6.09. The molecular weight excluding hydrogens is 300 g/mol. The summed E-state index contributed by atoms with van der Waals surface area (Å²) < 4.78 is 6.83. The van der Waals surface area contributed by atoms with Crippen LogP contribution in [0.15, 0.2) is 48.7 Å². The van der Waals surface area contributed by atoms with Gasteiger partial charge in [-0.15, -0.1) is 0 Å². The fraction of sp³-hybridized carbons (Fsp3) is 0.125. The van der Waals surface area contributed by atoms with Crippen molar-refractivity contribution in [2.45, 2.75) is 6.54 Å². The third-order valence-electron chi connectivity index (χ3n) is 3.34. The first-order valence-corrected chi connectivity index (χ1v) is 7.14. The Labute approximate surface area is 133 Å². The fourth-order valence-corrected chi connectivity index (χ4v) is 2.36. The molecule has 0 atom stereocenters. The minimum Gasteiger partial charge on any atom is -0.481 e. The molecule has 2 N–H and O–H groups in total. The molecule has 0 radical (unpaired) electrons. The van der Waals surface area contributed by atoms with Crippen LogP contribution in [0.1, 0.15) is 5.56 Å². The SMILES string of the molecule is COc1ccc(-n2nc(Cl)cc2-c2ccc(CN)cc2)cn1. The smallest absolute Gasteiger partial charge is 0.213 e. The van der Waals surface area contributed by atoms with E-state index in [4.69, 9.17) is 22.1 Å². The van der Waals surface area contributed by atoms with Crippen molar-refractivity contribution < 1.29 is 4.74 Å². The van der Waals surface area contributed by atoms with Crippen LogP contribution in [-0.2, 0) is 6.54 Å². The van der Waals surface area contributed by atoms with E-state index >= 15 is 0 Å². The zero-order chi connectivity index (χ0) is 15.5. The van der Waals surface area contributed by atoms with Gasteiger partial charge in [0, 0.05) is 24.2 Å². The van der Waals surface area contributed by atoms with E-state index in [-0.39, 0.29) is 0 Å². The van der Waals surface area contributed by atoms with Crippen LogP contribution in [0.5, 0.6) is 5.88 Å². The Balaban J connectivity index is 2.04. The molecule has 2 heterocycles. The van der Waals surface area contributed by atoms with Gasteiger partial charge in [0.15, 0.2) is 5.15 Å². The van der Waals surface area contributed by atoms with E-state index in [1.54, 1.807) is 24.1 Å². The first kappa shape index (κ1) is 14.6. The number of benzene rings is 1. The molecule has 0 fully saturated rings. The van der Waals surface area contributed by atoms with Gasteiger partial charge in [-0.25, -0.2) is 9.67 Å². The van der Waals surface area contributed by atoms with Crippen molar-refractivity contribution in [2.75, 3.05) is 7.11 Å². The molecule has 6 heteroatoms. The average molecular weight is 315 g/mol. The van der Waals surface area contributed by atoms with Crippen LogP contribution in [-0.4, -0.2) is 21.9 Å². The molecule has 1 aromatic carbocycles. The maximum atomic E-state index is 6.09. The summed E-state index contributed by atoms with van der Waals surface area (Å²) in [6, 6.07) is 13.5. The summed E-state index contributed by atoms with van der Waals surface area (Å²) in [5.41, 5.74) is 9.42. The van der Waals surface area contributed by atoms with Crippen LogP contribution < -0.4 is 10.5 Å². The third-order valence-corrected chi connectivity index (χ3v) is 3.52. The molecule has 0 unspecified atom stereocenters. The molecule has 0 aliphatic carbocycles. The monoisotopic (exact) mass is 314 g/mol. The van der Waals surface area contributed by atoms with Crippen LogP contribution in [0.2, 0.25) is 5.15 Å². The highest BCUT2D eigenvalue weighted by Gasteiger charge is 2.11. The van der Waals surface area contributed by atoms with E-state index in [9.17, 15) is 0 Å². The molecule has 0 aliphatic rings. The lowest BCUT2D eigenvalue weighted by atomic mass is 10.1. The number of aromatic nitrogens is 3. The summed E-state index contributed by atoms with van der Waals surface area (Å²) in [6.45, 7) is 0.517. The largest absolute Gasteiger partial charge is 0.481 e. The molecule has 0 saturated carbocycles. The van der Waals surface area contributed by atoms with E-state index in [1.807, 2.05) is 36.4 Å². The highest BCUT2D eigenvalue weighted by atomic mass is 35.5. The number of rotatable bonds is 4. The highest BCUT2D eigenvalue weighted by molar-refractivity contribution is 6.29. The van der Waals surface area contributed by atoms with Gasteiger partial charge in [0.2, 0.25) is 5.88 Å². The van der Waals surface area contributed by atoms with E-state index in [0.29, 0.717) is 17.6 Å². The second kappa shape index (κ2) is 6.17. The molecule has 3 rings (SSSR count). The van der Waals surface area contributed by atoms with Gasteiger partial charge in [0.25, 0.3) is 0 Å². The number of hydrogen-bond acceptors (Lipinski definition) is 4. The minimum absolute atomic E-state index is 0.425. The lowest BCUT2D eigenvalue weighted by Gasteiger charge is -2.08. The Morgan fingerprint density at radius 2 is 1.95 bits per heavy atom. The predicted molar refractivity (Wildman–Crippen MR) is 86.2 cm³/mol. The molecule has 0 spiro atoms. The van der Waals surface area contributed by atoms with Gasteiger partial charge in [-0.2, -0.15) is 5.10 Å². The van der Waals surface area contributed by atoms with Gasteiger partial charge in [-0.3, -0.25) is 0 Å². The molecule has 2 aromatic heterocycles. The number of hydrogen-bond donors (Lipinski definition) is 1. The molecule has 112 valence electrons. The van der Waals surface area contributed by atoms with Crippen molar-refractivity contribution in [3.63, 3.8) is 0 Å². The van der Waals surface area contributed by atoms with Gasteiger partial charge in [-0.05, 0) is 11.6 Å². The first-order chi connectivity index (χ1) is 10.7. The Kier molecular flexibility index (Phi) is 4.09. The Hall–Kier alpha value is -2.37. The first-order valence-electron chi connectivity index (χ1n) is 6.76. The van der Waals surface area contributed by atoms with Crippen molar-refractivity contribution in [1.82, 2.24) is 14.8 Å². The molecule has 3 aromatic rings. The third kappa shape index (κ3) is 2.81. The van der Waals surface area contributed by atoms with Gasteiger partial charge in [-0.1, -0.05) is 35.9 Å². The zero-order valence-electron chi connectivity index (χ0n) is 12.0. The normalized spacial score (nSPS) is 10.7. The maximum absolute atomic E-state index is 6.09. The van der Waals surface area contributed by atoms with Gasteiger partial charge in [0.1, 0.15) is 0 Å². The topological polar surface area (TPSA) is 66.0 Å². The van der Waals surface area contributed by atoms with E-state index < -0.39 is 0 Å². The summed E-state index contributed by atoms with van der Waals surface area (Å²) in [4.78, 5) is 4.20. The van der Waals surface area contributed by atoms with Gasteiger partial charge < -0.3 is 10.5 Å². The minimum atomic E-state index is 0.425. The Morgan fingerprint density at radius 1 is 1.18 bits per heavy atom. The number of methoxy groups -OCH3 is 1. The van der Waals surface area contributed by atoms with Crippen LogP contribution in [0.4, 0.5) is 0 Å². The summed E-state index contributed by atoms with van der Waals surface area (Å²) in [5, 5.41) is 4.76. The van der Waals surface area contributed by atoms with Crippen molar-refractivity contribution in [3.05, 3.63) is 59.4 Å². The van der Waals surface area contributed by atoms with Crippen LogP contribution in [0.25, 0.3) is 16.9 Å². The Bertz CT molecular complexity index is 701. The zero-order valence-corrected chi connectivity index (χ0v) is 12.8. The maximum Gasteiger partial charge on any atom is 0.213 e. The van der Waals surface area contributed by atoms with Gasteiger partial charge >= 0.3 is 0 Å².